The van der Waals surface area contributed by atoms with Gasteiger partial charge in [-0.15, -0.1) is 0 Å². The van der Waals surface area contributed by atoms with Crippen molar-refractivity contribution in [3.8, 4) is 0 Å². The number of benzene rings is 1. The van der Waals surface area contributed by atoms with Gasteiger partial charge in [-0.25, -0.2) is 4.57 Å². The predicted molar refractivity (Wildman–Crippen MR) is 162 cm³/mol. The molecule has 0 bridgehead atoms. The van der Waals surface area contributed by atoms with E-state index >= 15 is 0 Å². The van der Waals surface area contributed by atoms with E-state index in [9.17, 15) is 0 Å². The number of likely N-dealkylation sites (N-methyl/N-ethyl adjacent to an activating group) is 1. The third-order valence-electron chi connectivity index (χ3n) is 5.90. The Morgan fingerprint density at radius 3 is 1.67 bits per heavy atom. The van der Waals surface area contributed by atoms with Crippen LogP contribution in [0.25, 0.3) is 0 Å². The standard InChI is InChI=1S/C29H49N4O8S/c1-4-33(27-5-6-28(26(2)25-27)30-31-29-32(3)8-24-42-29)7-10-35-12-14-37-16-18-39-20-22-41-23-21-40-19-17-38-15-13-36-11-9-34/h5-6,8,24-25,34H,4,7,9-23H2,1-3H3/q+1. The number of aromatic nitrogens is 1. The largest absolute Gasteiger partial charge is 0.408 e. The lowest BCUT2D eigenvalue weighted by atomic mass is 10.1. The fraction of sp³-hybridized carbons (Fsp3) is 0.690. The molecule has 2 rings (SSSR count). The van der Waals surface area contributed by atoms with E-state index in [2.05, 4.69) is 41.1 Å². The molecule has 0 fully saturated rings. The summed E-state index contributed by atoms with van der Waals surface area (Å²) < 4.78 is 40.1. The third kappa shape index (κ3) is 16.5. The molecule has 12 nitrogen and oxygen atoms in total. The van der Waals surface area contributed by atoms with Gasteiger partial charge in [0.2, 0.25) is 0 Å². The Bertz CT molecular complexity index is 965. The van der Waals surface area contributed by atoms with Crippen molar-refractivity contribution in [1.82, 2.24) is 0 Å². The fourth-order valence-electron chi connectivity index (χ4n) is 3.60. The number of azo groups is 1. The van der Waals surface area contributed by atoms with E-state index in [1.807, 2.05) is 29.3 Å². The molecule has 1 aromatic heterocycles. The van der Waals surface area contributed by atoms with E-state index in [1.54, 1.807) is 11.3 Å². The number of ether oxygens (including phenoxy) is 7. The Balaban J connectivity index is 1.40. The van der Waals surface area contributed by atoms with Gasteiger partial charge >= 0.3 is 5.13 Å². The molecule has 13 heteroatoms. The smallest absolute Gasteiger partial charge is 0.394 e. The summed E-state index contributed by atoms with van der Waals surface area (Å²) in [6, 6.07) is 6.24. The molecule has 1 heterocycles. The Labute approximate surface area is 254 Å². The van der Waals surface area contributed by atoms with Gasteiger partial charge in [0.25, 0.3) is 0 Å². The first kappa shape index (κ1) is 36.1. The zero-order valence-corrected chi connectivity index (χ0v) is 26.2. The molecule has 0 saturated carbocycles. The van der Waals surface area contributed by atoms with Crippen LogP contribution in [-0.4, -0.2) is 117 Å². The number of nitrogens with zero attached hydrogens (tertiary/aromatic N) is 4. The molecule has 0 aliphatic rings. The maximum atomic E-state index is 8.59. The number of thiazole rings is 1. The molecule has 238 valence electrons. The van der Waals surface area contributed by atoms with Gasteiger partial charge in [-0.3, -0.25) is 0 Å². The second-order valence-corrected chi connectivity index (χ2v) is 9.93. The summed E-state index contributed by atoms with van der Waals surface area (Å²) in [5.74, 6) is 0. The first-order valence-electron chi connectivity index (χ1n) is 14.5. The number of aliphatic hydroxyl groups is 1. The van der Waals surface area contributed by atoms with Crippen molar-refractivity contribution < 1.29 is 42.8 Å². The predicted octanol–water partition coefficient (Wildman–Crippen LogP) is 3.23. The lowest BCUT2D eigenvalue weighted by Gasteiger charge is -2.23. The Morgan fingerprint density at radius 2 is 1.24 bits per heavy atom. The third-order valence-corrected chi connectivity index (χ3v) is 6.74. The van der Waals surface area contributed by atoms with Crippen LogP contribution in [0.4, 0.5) is 16.5 Å². The molecular weight excluding hydrogens is 564 g/mol. The average Bonchev–Trinajstić information content (AvgIpc) is 3.41. The summed E-state index contributed by atoms with van der Waals surface area (Å²) in [4.78, 5) is 2.28. The van der Waals surface area contributed by atoms with E-state index in [4.69, 9.17) is 38.3 Å². The molecule has 0 spiro atoms. The minimum absolute atomic E-state index is 0.0281. The van der Waals surface area contributed by atoms with Gasteiger partial charge in [0.1, 0.15) is 11.9 Å². The summed E-state index contributed by atoms with van der Waals surface area (Å²) in [5.41, 5.74) is 3.10. The van der Waals surface area contributed by atoms with Crippen molar-refractivity contribution >= 4 is 27.8 Å². The summed E-state index contributed by atoms with van der Waals surface area (Å²) in [6.45, 7) is 13.0. The lowest BCUT2D eigenvalue weighted by molar-refractivity contribution is -0.654. The number of hydrogen-bond donors (Lipinski definition) is 1. The monoisotopic (exact) mass is 613 g/mol. The SMILES string of the molecule is CCN(CCOCCOCCOCCOCCOCCOCCOCCO)c1ccc(/N=N/c2scc[n+]2C)c(C)c1. The van der Waals surface area contributed by atoms with Crippen LogP contribution in [0.3, 0.4) is 0 Å². The van der Waals surface area contributed by atoms with Crippen molar-refractivity contribution in [3.63, 3.8) is 0 Å². The van der Waals surface area contributed by atoms with E-state index < -0.39 is 0 Å². The van der Waals surface area contributed by atoms with Crippen LogP contribution in [0, 0.1) is 6.92 Å². The Hall–Kier alpha value is -2.07. The number of anilines is 1. The average molecular weight is 614 g/mol. The van der Waals surface area contributed by atoms with Gasteiger partial charge in [-0.05, 0) is 54.1 Å². The molecule has 0 aliphatic heterocycles. The van der Waals surface area contributed by atoms with Gasteiger partial charge in [-0.2, -0.15) is 0 Å². The zero-order chi connectivity index (χ0) is 30.1. The molecule has 0 radical (unpaired) electrons. The van der Waals surface area contributed by atoms with Crippen molar-refractivity contribution in [3.05, 3.63) is 35.3 Å². The lowest BCUT2D eigenvalue weighted by Crippen LogP contribution is -2.27. The van der Waals surface area contributed by atoms with E-state index in [-0.39, 0.29) is 6.61 Å². The zero-order valence-electron chi connectivity index (χ0n) is 25.4. The minimum atomic E-state index is 0.0281. The molecule has 1 N–H and O–H groups in total. The maximum Gasteiger partial charge on any atom is 0.408 e. The van der Waals surface area contributed by atoms with E-state index in [0.29, 0.717) is 92.5 Å². The van der Waals surface area contributed by atoms with Crippen LogP contribution in [0.15, 0.2) is 40.0 Å². The fourth-order valence-corrected chi connectivity index (χ4v) is 4.28. The normalized spacial score (nSPS) is 11.6. The molecule has 0 aliphatic carbocycles. The highest BCUT2D eigenvalue weighted by atomic mass is 32.1. The summed E-state index contributed by atoms with van der Waals surface area (Å²) in [7, 11) is 1.96. The van der Waals surface area contributed by atoms with Crippen LogP contribution in [-0.2, 0) is 40.2 Å². The number of aryl methyl sites for hydroxylation is 2. The molecular formula is C29H49N4O8S+. The first-order valence-corrected chi connectivity index (χ1v) is 15.4. The molecule has 1 aromatic carbocycles. The van der Waals surface area contributed by atoms with Crippen LogP contribution in [0.1, 0.15) is 12.5 Å². The van der Waals surface area contributed by atoms with Gasteiger partial charge in [0, 0.05) is 24.2 Å². The maximum absolute atomic E-state index is 8.59. The van der Waals surface area contributed by atoms with Gasteiger partial charge in [0.05, 0.1) is 111 Å². The van der Waals surface area contributed by atoms with Gasteiger partial charge in [-0.1, -0.05) is 0 Å². The van der Waals surface area contributed by atoms with Crippen LogP contribution < -0.4 is 9.47 Å². The number of hydrogen-bond acceptors (Lipinski definition) is 12. The van der Waals surface area contributed by atoms with Crippen molar-refractivity contribution in [2.24, 2.45) is 17.3 Å². The van der Waals surface area contributed by atoms with Crippen molar-refractivity contribution in [2.45, 2.75) is 13.8 Å². The number of aliphatic hydroxyl groups excluding tert-OH is 1. The molecule has 42 heavy (non-hydrogen) atoms. The minimum Gasteiger partial charge on any atom is -0.394 e. The second-order valence-electron chi connectivity index (χ2n) is 9.06. The van der Waals surface area contributed by atoms with Crippen molar-refractivity contribution in [1.29, 1.82) is 0 Å². The summed E-state index contributed by atoms with van der Waals surface area (Å²) in [6.07, 6.45) is 1.97. The van der Waals surface area contributed by atoms with E-state index in [0.717, 1.165) is 35.2 Å². The Kier molecular flexibility index (Phi) is 21.0. The Morgan fingerprint density at radius 1 is 0.738 bits per heavy atom. The highest BCUT2D eigenvalue weighted by molar-refractivity contribution is 7.12. The van der Waals surface area contributed by atoms with Gasteiger partial charge < -0.3 is 43.2 Å². The summed E-state index contributed by atoms with van der Waals surface area (Å²) in [5, 5.41) is 20.2. The van der Waals surface area contributed by atoms with E-state index in [1.165, 1.54) is 0 Å². The first-order chi connectivity index (χ1) is 20.7. The molecule has 0 amide bonds. The number of rotatable bonds is 27. The van der Waals surface area contributed by atoms with Gasteiger partial charge in [0.15, 0.2) is 0 Å². The van der Waals surface area contributed by atoms with Crippen LogP contribution in [0.2, 0.25) is 0 Å². The summed E-state index contributed by atoms with van der Waals surface area (Å²) >= 11 is 1.56. The molecule has 0 saturated heterocycles. The highest BCUT2D eigenvalue weighted by Gasteiger charge is 2.10. The topological polar surface area (TPSA) is 117 Å². The quantitative estimate of drug-likeness (QED) is 0.0921. The van der Waals surface area contributed by atoms with Crippen molar-refractivity contribution in [2.75, 3.05) is 117 Å². The highest BCUT2D eigenvalue weighted by Crippen LogP contribution is 2.26. The second kappa shape index (κ2) is 24.4. The molecule has 2 aromatic rings. The molecule has 0 unspecified atom stereocenters. The van der Waals surface area contributed by atoms with Crippen LogP contribution in [0.5, 0.6) is 0 Å². The van der Waals surface area contributed by atoms with Crippen LogP contribution >= 0.6 is 11.3 Å². The molecule has 0 atom stereocenters.